The third-order valence-electron chi connectivity index (χ3n) is 4.33. The lowest BCUT2D eigenvalue weighted by Crippen LogP contribution is -2.24. The van der Waals surface area contributed by atoms with Crippen LogP contribution in [0.3, 0.4) is 0 Å². The van der Waals surface area contributed by atoms with Crippen LogP contribution in [0.1, 0.15) is 36.7 Å². The Kier molecular flexibility index (Phi) is 3.91. The summed E-state index contributed by atoms with van der Waals surface area (Å²) in [7, 11) is 0. The highest BCUT2D eigenvalue weighted by atomic mass is 16.5. The van der Waals surface area contributed by atoms with Gasteiger partial charge in [0.25, 0.3) is 0 Å². The summed E-state index contributed by atoms with van der Waals surface area (Å²) in [6, 6.07) is 9.75. The predicted octanol–water partition coefficient (Wildman–Crippen LogP) is 2.79. The van der Waals surface area contributed by atoms with E-state index >= 15 is 0 Å². The summed E-state index contributed by atoms with van der Waals surface area (Å²) in [5.41, 5.74) is 2.74. The zero-order valence-electron chi connectivity index (χ0n) is 14.8. The van der Waals surface area contributed by atoms with Crippen molar-refractivity contribution in [2.24, 2.45) is 0 Å². The van der Waals surface area contributed by atoms with Crippen molar-refractivity contribution < 1.29 is 14.3 Å². The maximum absolute atomic E-state index is 12.7. The summed E-state index contributed by atoms with van der Waals surface area (Å²) in [6.45, 7) is 5.64. The summed E-state index contributed by atoms with van der Waals surface area (Å²) in [6.07, 6.45) is 1.57. The fourth-order valence-electron chi connectivity index (χ4n) is 3.30. The first kappa shape index (κ1) is 16.3. The molecule has 3 heterocycles. The van der Waals surface area contributed by atoms with Crippen LogP contribution in [-0.2, 0) is 9.53 Å². The molecule has 0 spiro atoms. The number of rotatable bonds is 3. The van der Waals surface area contributed by atoms with E-state index in [2.05, 4.69) is 15.1 Å². The molecule has 2 aromatic heterocycles. The number of fused-ring (bicyclic) bond motifs is 3. The summed E-state index contributed by atoms with van der Waals surface area (Å²) in [5, 5.41) is 4.33. The monoisotopic (exact) mass is 350 g/mol. The minimum atomic E-state index is -0.400. The lowest BCUT2D eigenvalue weighted by atomic mass is 9.83. The Balaban J connectivity index is 2.01. The van der Waals surface area contributed by atoms with E-state index < -0.39 is 11.9 Å². The number of aromatic nitrogens is 4. The van der Waals surface area contributed by atoms with E-state index in [1.165, 1.54) is 0 Å². The predicted molar refractivity (Wildman–Crippen MR) is 93.8 cm³/mol. The van der Waals surface area contributed by atoms with Crippen molar-refractivity contribution in [3.63, 3.8) is 0 Å². The molecule has 3 aromatic rings. The smallest absolute Gasteiger partial charge is 0.338 e. The van der Waals surface area contributed by atoms with Crippen LogP contribution in [0.5, 0.6) is 5.88 Å². The largest absolute Gasteiger partial charge is 0.463 e. The number of nitrogens with zero attached hydrogens (tertiary/aromatic N) is 4. The first-order valence-corrected chi connectivity index (χ1v) is 8.42. The van der Waals surface area contributed by atoms with Gasteiger partial charge in [-0.2, -0.15) is 5.10 Å². The van der Waals surface area contributed by atoms with Crippen molar-refractivity contribution in [2.75, 3.05) is 6.61 Å². The molecule has 0 radical (unpaired) electrons. The first-order chi connectivity index (χ1) is 12.6. The first-order valence-electron chi connectivity index (χ1n) is 8.42. The summed E-state index contributed by atoms with van der Waals surface area (Å²) < 4.78 is 12.8. The van der Waals surface area contributed by atoms with Gasteiger partial charge >= 0.3 is 5.97 Å². The Morgan fingerprint density at radius 3 is 2.77 bits per heavy atom. The number of hydrogen-bond acceptors (Lipinski definition) is 6. The van der Waals surface area contributed by atoms with Gasteiger partial charge in [-0.25, -0.2) is 19.3 Å². The Morgan fingerprint density at radius 1 is 1.27 bits per heavy atom. The van der Waals surface area contributed by atoms with E-state index in [9.17, 15) is 4.79 Å². The molecular weight excluding hydrogens is 332 g/mol. The summed E-state index contributed by atoms with van der Waals surface area (Å²) >= 11 is 0. The van der Waals surface area contributed by atoms with Gasteiger partial charge in [0.15, 0.2) is 5.65 Å². The van der Waals surface area contributed by atoms with Crippen molar-refractivity contribution in [3.05, 3.63) is 64.9 Å². The number of hydrogen-bond donors (Lipinski definition) is 0. The topological polar surface area (TPSA) is 78.6 Å². The molecule has 7 nitrogen and oxygen atoms in total. The van der Waals surface area contributed by atoms with E-state index in [-0.39, 0.29) is 6.61 Å². The van der Waals surface area contributed by atoms with E-state index in [4.69, 9.17) is 9.47 Å². The average Bonchev–Trinajstić information content (AvgIpc) is 3.01. The highest BCUT2D eigenvalue weighted by Crippen LogP contribution is 2.44. The van der Waals surface area contributed by atoms with Crippen molar-refractivity contribution in [1.82, 2.24) is 19.6 Å². The molecule has 0 amide bonds. The number of ether oxygens (including phenoxy) is 2. The zero-order chi connectivity index (χ0) is 18.3. The quantitative estimate of drug-likeness (QED) is 0.676. The van der Waals surface area contributed by atoms with Gasteiger partial charge in [0.2, 0.25) is 5.88 Å². The van der Waals surface area contributed by atoms with Crippen LogP contribution in [0, 0.1) is 6.92 Å². The average molecular weight is 350 g/mol. The molecule has 1 aromatic carbocycles. The highest BCUT2D eigenvalue weighted by Gasteiger charge is 2.37. The third kappa shape index (κ3) is 2.52. The van der Waals surface area contributed by atoms with Crippen LogP contribution < -0.4 is 4.74 Å². The van der Waals surface area contributed by atoms with Crippen molar-refractivity contribution in [3.8, 4) is 5.88 Å². The molecule has 26 heavy (non-hydrogen) atoms. The van der Waals surface area contributed by atoms with Gasteiger partial charge in [-0.3, -0.25) is 0 Å². The van der Waals surface area contributed by atoms with E-state index in [1.54, 1.807) is 24.7 Å². The molecule has 132 valence electrons. The van der Waals surface area contributed by atoms with Gasteiger partial charge in [-0.15, -0.1) is 0 Å². The SMILES string of the molecule is CCOC(=O)C1=C(C)Oc2ncn3nc(C)nc3c2[C@@H]1c1ccccc1. The molecule has 7 heteroatoms. The molecule has 0 N–H and O–H groups in total. The zero-order valence-corrected chi connectivity index (χ0v) is 14.8. The lowest BCUT2D eigenvalue weighted by molar-refractivity contribution is -0.139. The van der Waals surface area contributed by atoms with Gasteiger partial charge in [0.05, 0.1) is 23.7 Å². The fraction of sp³-hybridized carbons (Fsp3) is 0.263. The molecule has 0 aliphatic carbocycles. The minimum absolute atomic E-state index is 0.288. The Hall–Kier alpha value is -3.22. The van der Waals surface area contributed by atoms with Crippen molar-refractivity contribution >= 4 is 11.6 Å². The number of allylic oxidation sites excluding steroid dienone is 1. The molecule has 1 aliphatic rings. The van der Waals surface area contributed by atoms with Crippen LogP contribution in [0.15, 0.2) is 48.0 Å². The van der Waals surface area contributed by atoms with Crippen molar-refractivity contribution in [2.45, 2.75) is 26.7 Å². The van der Waals surface area contributed by atoms with Gasteiger partial charge in [-0.1, -0.05) is 30.3 Å². The fourth-order valence-corrected chi connectivity index (χ4v) is 3.30. The van der Waals surface area contributed by atoms with E-state index in [0.29, 0.717) is 34.2 Å². The second-order valence-corrected chi connectivity index (χ2v) is 6.03. The molecule has 0 saturated heterocycles. The van der Waals surface area contributed by atoms with Crippen LogP contribution in [0.4, 0.5) is 0 Å². The molecule has 0 bridgehead atoms. The second-order valence-electron chi connectivity index (χ2n) is 6.03. The molecule has 1 atom stereocenters. The highest BCUT2D eigenvalue weighted by molar-refractivity contribution is 5.93. The van der Waals surface area contributed by atoms with Gasteiger partial charge < -0.3 is 9.47 Å². The Morgan fingerprint density at radius 2 is 2.04 bits per heavy atom. The maximum Gasteiger partial charge on any atom is 0.338 e. The van der Waals surface area contributed by atoms with Crippen LogP contribution in [-0.4, -0.2) is 32.2 Å². The number of carbonyl (C=O) groups is 1. The third-order valence-corrected chi connectivity index (χ3v) is 4.33. The molecule has 4 rings (SSSR count). The number of esters is 1. The number of carbonyl (C=O) groups excluding carboxylic acids is 1. The van der Waals surface area contributed by atoms with Crippen LogP contribution >= 0.6 is 0 Å². The molecule has 0 saturated carbocycles. The maximum atomic E-state index is 12.7. The van der Waals surface area contributed by atoms with E-state index in [0.717, 1.165) is 5.56 Å². The normalized spacial score (nSPS) is 16.3. The summed E-state index contributed by atoms with van der Waals surface area (Å²) in [5.74, 6) is 0.750. The van der Waals surface area contributed by atoms with E-state index in [1.807, 2.05) is 37.3 Å². The minimum Gasteiger partial charge on any atom is -0.463 e. The van der Waals surface area contributed by atoms with Crippen LogP contribution in [0.25, 0.3) is 5.65 Å². The van der Waals surface area contributed by atoms with Gasteiger partial charge in [0.1, 0.15) is 17.9 Å². The second kappa shape index (κ2) is 6.25. The molecule has 0 fully saturated rings. The molecular formula is C19H18N4O3. The lowest BCUT2D eigenvalue weighted by Gasteiger charge is -2.28. The molecule has 0 unspecified atom stereocenters. The Bertz CT molecular complexity index is 1020. The Labute approximate surface area is 150 Å². The molecule has 1 aliphatic heterocycles. The van der Waals surface area contributed by atoms with Crippen LogP contribution in [0.2, 0.25) is 0 Å². The van der Waals surface area contributed by atoms with Gasteiger partial charge in [0, 0.05) is 0 Å². The standard InChI is InChI=1S/C19H18N4O3/c1-4-25-19(24)14-11(2)26-18-16(15(14)13-8-6-5-7-9-13)17-21-12(3)22-23(17)10-20-18/h5-10,15H,4H2,1-3H3/t15-/m1/s1. The number of aryl methyl sites for hydroxylation is 1. The van der Waals surface area contributed by atoms with Crippen molar-refractivity contribution in [1.29, 1.82) is 0 Å². The van der Waals surface area contributed by atoms with Gasteiger partial charge in [-0.05, 0) is 26.3 Å². The summed E-state index contributed by atoms with van der Waals surface area (Å²) in [4.78, 5) is 21.6. The number of benzene rings is 1.